The fraction of sp³-hybridized carbons (Fsp3) is 0.412. The van der Waals surface area contributed by atoms with E-state index in [1.54, 1.807) is 6.20 Å². The molecule has 11 heteroatoms. The van der Waals surface area contributed by atoms with Crippen LogP contribution in [0.5, 0.6) is 0 Å². The summed E-state index contributed by atoms with van der Waals surface area (Å²) in [7, 11) is 0. The van der Waals surface area contributed by atoms with Crippen LogP contribution < -0.4 is 21.7 Å². The number of aliphatic carboxylic acids is 1. The van der Waals surface area contributed by atoms with Crippen LogP contribution in [0.3, 0.4) is 0 Å². The van der Waals surface area contributed by atoms with E-state index in [1.807, 2.05) is 82.4 Å². The number of nitrogens with two attached hydrogens (primary N) is 1. The molecule has 0 spiro atoms. The Bertz CT molecular complexity index is 1640. The second-order valence-corrected chi connectivity index (χ2v) is 12.2. The highest BCUT2D eigenvalue weighted by atomic mass is 16.4. The molecule has 0 aliphatic heterocycles. The van der Waals surface area contributed by atoms with Crippen molar-refractivity contribution in [2.75, 3.05) is 0 Å². The Hall–Kier alpha value is -4.64. The molecule has 0 bridgehead atoms. The van der Waals surface area contributed by atoms with Crippen LogP contribution in [-0.2, 0) is 32.0 Å². The number of nitrogens with one attached hydrogen (secondary N) is 5. The van der Waals surface area contributed by atoms with Crippen LogP contribution in [-0.4, -0.2) is 62.9 Å². The number of carboxylic acid groups (broad SMARTS) is 1. The van der Waals surface area contributed by atoms with E-state index in [4.69, 9.17) is 5.73 Å². The minimum absolute atomic E-state index is 0.0503. The normalized spacial score (nSPS) is 14.9. The summed E-state index contributed by atoms with van der Waals surface area (Å²) in [5.41, 5.74) is 9.75. The van der Waals surface area contributed by atoms with E-state index < -0.39 is 47.9 Å². The molecule has 8 N–H and O–H groups in total. The minimum atomic E-state index is -1.21. The molecule has 45 heavy (non-hydrogen) atoms. The maximum atomic E-state index is 13.6. The summed E-state index contributed by atoms with van der Waals surface area (Å²) < 4.78 is 0. The molecule has 0 saturated carbocycles. The number of rotatable bonds is 15. The van der Waals surface area contributed by atoms with Gasteiger partial charge in [0.15, 0.2) is 0 Å². The van der Waals surface area contributed by atoms with Crippen molar-refractivity contribution in [1.82, 2.24) is 25.9 Å². The van der Waals surface area contributed by atoms with E-state index in [0.29, 0.717) is 12.8 Å². The molecule has 4 rings (SSSR count). The fourth-order valence-corrected chi connectivity index (χ4v) is 5.55. The molecule has 4 aromatic rings. The van der Waals surface area contributed by atoms with E-state index in [0.717, 1.165) is 32.9 Å². The second kappa shape index (κ2) is 14.9. The van der Waals surface area contributed by atoms with E-state index in [9.17, 15) is 24.3 Å². The highest BCUT2D eigenvalue weighted by Gasteiger charge is 2.33. The first-order valence-corrected chi connectivity index (χ1v) is 15.5. The van der Waals surface area contributed by atoms with Gasteiger partial charge in [0.05, 0.1) is 6.04 Å². The first-order valence-electron chi connectivity index (χ1n) is 15.5. The van der Waals surface area contributed by atoms with Crippen LogP contribution in [0.1, 0.15) is 51.7 Å². The molecular weight excluding hydrogens is 572 g/mol. The maximum absolute atomic E-state index is 13.6. The summed E-state index contributed by atoms with van der Waals surface area (Å²) >= 11 is 0. The lowest BCUT2D eigenvalue weighted by molar-refractivity contribution is -0.142. The van der Waals surface area contributed by atoms with Crippen LogP contribution in [0.15, 0.2) is 60.9 Å². The zero-order chi connectivity index (χ0) is 32.7. The maximum Gasteiger partial charge on any atom is 0.326 e. The molecule has 0 radical (unpaired) electrons. The Balaban J connectivity index is 1.45. The Morgan fingerprint density at radius 1 is 0.756 bits per heavy atom. The number of H-pyrrole nitrogens is 2. The van der Waals surface area contributed by atoms with Crippen molar-refractivity contribution >= 4 is 45.5 Å². The third-order valence-electron chi connectivity index (χ3n) is 8.30. The Morgan fingerprint density at radius 3 is 1.82 bits per heavy atom. The van der Waals surface area contributed by atoms with Gasteiger partial charge in [-0.05, 0) is 47.9 Å². The van der Waals surface area contributed by atoms with Gasteiger partial charge in [0.25, 0.3) is 0 Å². The zero-order valence-corrected chi connectivity index (χ0v) is 26.2. The van der Waals surface area contributed by atoms with Gasteiger partial charge in [0.1, 0.15) is 18.1 Å². The van der Waals surface area contributed by atoms with E-state index >= 15 is 0 Å². The molecule has 11 nitrogen and oxygen atoms in total. The summed E-state index contributed by atoms with van der Waals surface area (Å²) in [4.78, 5) is 58.9. The van der Waals surface area contributed by atoms with E-state index in [2.05, 4.69) is 25.9 Å². The molecular formula is C34H44N6O5. The number of amides is 3. The Labute approximate surface area is 262 Å². The molecule has 240 valence electrons. The predicted molar refractivity (Wildman–Crippen MR) is 174 cm³/mol. The number of hydrogen-bond acceptors (Lipinski definition) is 5. The van der Waals surface area contributed by atoms with Gasteiger partial charge < -0.3 is 36.8 Å². The monoisotopic (exact) mass is 616 g/mol. The van der Waals surface area contributed by atoms with Crippen molar-refractivity contribution in [1.29, 1.82) is 0 Å². The molecule has 0 unspecified atom stereocenters. The molecule has 0 aliphatic carbocycles. The standard InChI is InChI=1S/C34H44N6O5/c1-5-20(4)30(33(43)39-29(34(44)45)16-22-18-37-27-13-9-7-11-24(22)27)40-32(42)28(14-19(2)3)38-31(41)25(35)15-21-17-36-26-12-8-6-10-23(21)26/h6-13,17-20,25,28-30,36-37H,5,14-16,35H2,1-4H3,(H,38,41)(H,39,43)(H,40,42)(H,44,45)/t20-,25+,28+,29-,30+/m0/s1. The fourth-order valence-electron chi connectivity index (χ4n) is 5.55. The van der Waals surface area contributed by atoms with Crippen LogP contribution in [0, 0.1) is 11.8 Å². The topological polar surface area (TPSA) is 182 Å². The lowest BCUT2D eigenvalue weighted by Gasteiger charge is -2.28. The van der Waals surface area contributed by atoms with Crippen LogP contribution in [0.25, 0.3) is 21.8 Å². The van der Waals surface area contributed by atoms with Gasteiger partial charge in [-0.15, -0.1) is 0 Å². The number of fused-ring (bicyclic) bond motifs is 2. The Kier molecular flexibility index (Phi) is 11.0. The summed E-state index contributed by atoms with van der Waals surface area (Å²) in [5.74, 6) is -3.05. The molecule has 0 fully saturated rings. The van der Waals surface area contributed by atoms with Crippen LogP contribution >= 0.6 is 0 Å². The second-order valence-electron chi connectivity index (χ2n) is 12.2. The molecule has 2 aromatic carbocycles. The quantitative estimate of drug-likeness (QED) is 0.107. The van der Waals surface area contributed by atoms with Gasteiger partial charge in [-0.3, -0.25) is 14.4 Å². The Morgan fingerprint density at radius 2 is 1.29 bits per heavy atom. The van der Waals surface area contributed by atoms with Crippen molar-refractivity contribution in [3.8, 4) is 0 Å². The number of aromatic nitrogens is 2. The highest BCUT2D eigenvalue weighted by Crippen LogP contribution is 2.21. The van der Waals surface area contributed by atoms with Gasteiger partial charge in [-0.2, -0.15) is 0 Å². The van der Waals surface area contributed by atoms with Crippen molar-refractivity contribution in [3.05, 3.63) is 72.1 Å². The summed E-state index contributed by atoms with van der Waals surface area (Å²) in [6, 6.07) is 11.2. The van der Waals surface area contributed by atoms with Crippen molar-refractivity contribution in [2.45, 2.75) is 77.5 Å². The number of para-hydroxylation sites is 2. The van der Waals surface area contributed by atoms with Crippen molar-refractivity contribution < 1.29 is 24.3 Å². The molecule has 5 atom stereocenters. The van der Waals surface area contributed by atoms with Crippen molar-refractivity contribution in [3.63, 3.8) is 0 Å². The number of carbonyl (C=O) groups is 4. The smallest absolute Gasteiger partial charge is 0.326 e. The summed E-state index contributed by atoms with van der Waals surface area (Å²) in [6.07, 6.45) is 4.78. The number of carbonyl (C=O) groups excluding carboxylic acids is 3. The van der Waals surface area contributed by atoms with E-state index in [1.165, 1.54) is 0 Å². The first-order chi connectivity index (χ1) is 21.5. The molecule has 2 heterocycles. The minimum Gasteiger partial charge on any atom is -0.480 e. The number of carboxylic acids is 1. The van der Waals surface area contributed by atoms with Gasteiger partial charge in [0.2, 0.25) is 17.7 Å². The third-order valence-corrected chi connectivity index (χ3v) is 8.30. The molecule has 3 amide bonds. The van der Waals surface area contributed by atoms with Gasteiger partial charge >= 0.3 is 5.97 Å². The van der Waals surface area contributed by atoms with Crippen molar-refractivity contribution in [2.24, 2.45) is 17.6 Å². The molecule has 2 aromatic heterocycles. The lowest BCUT2D eigenvalue weighted by Crippen LogP contribution is -2.59. The highest BCUT2D eigenvalue weighted by molar-refractivity contribution is 5.95. The number of hydrogen-bond donors (Lipinski definition) is 7. The third kappa shape index (κ3) is 8.30. The van der Waals surface area contributed by atoms with Gasteiger partial charge in [0, 0.05) is 40.6 Å². The number of benzene rings is 2. The lowest BCUT2D eigenvalue weighted by atomic mass is 9.95. The van der Waals surface area contributed by atoms with Gasteiger partial charge in [-0.25, -0.2) is 4.79 Å². The van der Waals surface area contributed by atoms with Crippen LogP contribution in [0.2, 0.25) is 0 Å². The predicted octanol–water partition coefficient (Wildman–Crippen LogP) is 3.39. The molecule has 0 saturated heterocycles. The summed E-state index contributed by atoms with van der Waals surface area (Å²) in [6.45, 7) is 7.56. The molecule has 0 aliphatic rings. The average Bonchev–Trinajstić information content (AvgIpc) is 3.62. The summed E-state index contributed by atoms with van der Waals surface area (Å²) in [5, 5.41) is 20.1. The van der Waals surface area contributed by atoms with E-state index in [-0.39, 0.29) is 24.7 Å². The van der Waals surface area contributed by atoms with Gasteiger partial charge in [-0.1, -0.05) is 70.5 Å². The largest absolute Gasteiger partial charge is 0.480 e. The number of aromatic amines is 2. The SMILES string of the molecule is CC[C@H](C)[C@@H](NC(=O)[C@@H](CC(C)C)NC(=O)[C@H](N)Cc1c[nH]c2ccccc12)C(=O)N[C@@H](Cc1c[nH]c2ccccc12)C(=O)O. The average molecular weight is 617 g/mol. The first kappa shape index (κ1) is 33.3. The zero-order valence-electron chi connectivity index (χ0n) is 26.2. The van der Waals surface area contributed by atoms with Crippen LogP contribution in [0.4, 0.5) is 0 Å².